The molecule has 0 N–H and O–H groups in total. The number of nitrogens with zero attached hydrogens (tertiary/aromatic N) is 3. The number of methoxy groups -OCH3 is 1. The van der Waals surface area contributed by atoms with Crippen LogP contribution in [0.5, 0.6) is 17.8 Å². The van der Waals surface area contributed by atoms with Gasteiger partial charge in [-0.3, -0.25) is 0 Å². The summed E-state index contributed by atoms with van der Waals surface area (Å²) in [5.74, 6) is 0.0897. The largest absolute Gasteiger partial charge is 0.467 e. The third-order valence-electron chi connectivity index (χ3n) is 2.09. The molecule has 2 rings (SSSR count). The number of hydrogen-bond acceptors (Lipinski definition) is 5. The molecular weight excluding hydrogens is 261 g/mol. The molecule has 94 valence electrons. The maximum atomic E-state index is 12.9. The molecule has 2 aromatic rings. The normalized spacial score (nSPS) is 10.2. The van der Waals surface area contributed by atoms with E-state index in [9.17, 15) is 4.39 Å². The molecule has 5 nitrogen and oxygen atoms in total. The molecular formula is C11H9ClFN3O2. The molecule has 0 fully saturated rings. The summed E-state index contributed by atoms with van der Waals surface area (Å²) in [5.41, 5.74) is 0.616. The Morgan fingerprint density at radius 1 is 1.17 bits per heavy atom. The maximum Gasteiger partial charge on any atom is 0.329 e. The van der Waals surface area contributed by atoms with E-state index < -0.39 is 0 Å². The molecule has 1 aromatic heterocycles. The van der Waals surface area contributed by atoms with Crippen LogP contribution in [0.25, 0.3) is 0 Å². The Kier molecular flexibility index (Phi) is 3.57. The summed E-state index contributed by atoms with van der Waals surface area (Å²) >= 11 is 5.68. The topological polar surface area (TPSA) is 57.1 Å². The molecule has 0 atom stereocenters. The molecule has 0 aliphatic heterocycles. The summed E-state index contributed by atoms with van der Waals surface area (Å²) in [5, 5.41) is -0.0448. The Bertz CT molecular complexity index is 580. The minimum absolute atomic E-state index is 0.0124. The lowest BCUT2D eigenvalue weighted by Gasteiger charge is -2.07. The lowest BCUT2D eigenvalue weighted by molar-refractivity contribution is 0.358. The Balaban J connectivity index is 2.30. The van der Waals surface area contributed by atoms with Crippen molar-refractivity contribution in [3.05, 3.63) is 34.9 Å². The zero-order chi connectivity index (χ0) is 13.1. The SMILES string of the molecule is COc1nc(Cl)nc(Oc2ccc(F)cc2C)n1. The van der Waals surface area contributed by atoms with E-state index in [0.29, 0.717) is 11.3 Å². The number of halogens is 2. The van der Waals surface area contributed by atoms with Crippen LogP contribution >= 0.6 is 11.6 Å². The van der Waals surface area contributed by atoms with E-state index in [2.05, 4.69) is 15.0 Å². The van der Waals surface area contributed by atoms with Gasteiger partial charge in [0, 0.05) is 0 Å². The van der Waals surface area contributed by atoms with Gasteiger partial charge in [-0.2, -0.15) is 9.97 Å². The average molecular weight is 270 g/mol. The standard InChI is InChI=1S/C11H9ClFN3O2/c1-6-5-7(13)3-4-8(6)18-11-15-9(12)14-10(16-11)17-2/h3-5H,1-2H3. The molecule has 1 aromatic carbocycles. The molecule has 0 unspecified atom stereocenters. The maximum absolute atomic E-state index is 12.9. The van der Waals surface area contributed by atoms with Crippen molar-refractivity contribution in [3.8, 4) is 17.8 Å². The molecule has 0 aliphatic rings. The Morgan fingerprint density at radius 2 is 1.89 bits per heavy atom. The minimum Gasteiger partial charge on any atom is -0.467 e. The first-order valence-electron chi connectivity index (χ1n) is 4.98. The van der Waals surface area contributed by atoms with E-state index in [4.69, 9.17) is 21.1 Å². The van der Waals surface area contributed by atoms with E-state index in [0.717, 1.165) is 0 Å². The Hall–Kier alpha value is -1.95. The molecule has 0 amide bonds. The van der Waals surface area contributed by atoms with E-state index in [1.807, 2.05) is 0 Å². The van der Waals surface area contributed by atoms with Gasteiger partial charge < -0.3 is 9.47 Å². The predicted molar refractivity (Wildman–Crippen MR) is 62.6 cm³/mol. The van der Waals surface area contributed by atoms with Crippen LogP contribution in [-0.4, -0.2) is 22.1 Å². The second-order valence-corrected chi connectivity index (χ2v) is 3.72. The summed E-state index contributed by atoms with van der Waals surface area (Å²) in [7, 11) is 1.40. The predicted octanol–water partition coefficient (Wildman–Crippen LogP) is 2.77. The van der Waals surface area contributed by atoms with Crippen LogP contribution in [-0.2, 0) is 0 Å². The fourth-order valence-corrected chi connectivity index (χ4v) is 1.42. The summed E-state index contributed by atoms with van der Waals surface area (Å²) in [6.07, 6.45) is 0. The molecule has 0 aliphatic carbocycles. The quantitative estimate of drug-likeness (QED) is 0.857. The van der Waals surface area contributed by atoms with Gasteiger partial charge in [0.2, 0.25) is 5.28 Å². The van der Waals surface area contributed by atoms with Crippen molar-refractivity contribution < 1.29 is 13.9 Å². The number of aryl methyl sites for hydroxylation is 1. The van der Waals surface area contributed by atoms with E-state index >= 15 is 0 Å². The highest BCUT2D eigenvalue weighted by Gasteiger charge is 2.09. The molecule has 0 saturated carbocycles. The van der Waals surface area contributed by atoms with Crippen molar-refractivity contribution >= 4 is 11.6 Å². The number of hydrogen-bond donors (Lipinski definition) is 0. The third-order valence-corrected chi connectivity index (χ3v) is 2.26. The lowest BCUT2D eigenvalue weighted by Crippen LogP contribution is -1.99. The van der Waals surface area contributed by atoms with Gasteiger partial charge in [-0.05, 0) is 42.3 Å². The number of ether oxygens (including phenoxy) is 2. The minimum atomic E-state index is -0.342. The van der Waals surface area contributed by atoms with Gasteiger partial charge in [0.25, 0.3) is 0 Å². The molecule has 1 heterocycles. The monoisotopic (exact) mass is 269 g/mol. The average Bonchev–Trinajstić information content (AvgIpc) is 2.32. The van der Waals surface area contributed by atoms with Gasteiger partial charge in [-0.1, -0.05) is 0 Å². The van der Waals surface area contributed by atoms with Crippen molar-refractivity contribution in [2.75, 3.05) is 7.11 Å². The molecule has 18 heavy (non-hydrogen) atoms. The fourth-order valence-electron chi connectivity index (χ4n) is 1.28. The van der Waals surface area contributed by atoms with E-state index in [1.165, 1.54) is 25.3 Å². The number of rotatable bonds is 3. The van der Waals surface area contributed by atoms with Crippen LogP contribution in [0.15, 0.2) is 18.2 Å². The van der Waals surface area contributed by atoms with Crippen LogP contribution in [0.2, 0.25) is 5.28 Å². The van der Waals surface area contributed by atoms with E-state index in [-0.39, 0.29) is 23.1 Å². The van der Waals surface area contributed by atoms with Gasteiger partial charge in [0.15, 0.2) is 0 Å². The molecule has 7 heteroatoms. The van der Waals surface area contributed by atoms with Crippen LogP contribution < -0.4 is 9.47 Å². The van der Waals surface area contributed by atoms with Crippen molar-refractivity contribution in [1.29, 1.82) is 0 Å². The van der Waals surface area contributed by atoms with E-state index in [1.54, 1.807) is 6.92 Å². The second kappa shape index (κ2) is 5.14. The molecule has 0 spiro atoms. The summed E-state index contributed by atoms with van der Waals surface area (Å²) in [6.45, 7) is 1.71. The van der Waals surface area contributed by atoms with Crippen molar-refractivity contribution in [1.82, 2.24) is 15.0 Å². The third kappa shape index (κ3) is 2.84. The zero-order valence-corrected chi connectivity index (χ0v) is 10.4. The highest BCUT2D eigenvalue weighted by Crippen LogP contribution is 2.24. The Labute approximate surface area is 108 Å². The lowest BCUT2D eigenvalue weighted by atomic mass is 10.2. The van der Waals surface area contributed by atoms with Gasteiger partial charge in [0.05, 0.1) is 7.11 Å². The molecule has 0 saturated heterocycles. The smallest absolute Gasteiger partial charge is 0.329 e. The van der Waals surface area contributed by atoms with Crippen LogP contribution in [0.4, 0.5) is 4.39 Å². The second-order valence-electron chi connectivity index (χ2n) is 3.39. The highest BCUT2D eigenvalue weighted by atomic mass is 35.5. The van der Waals surface area contributed by atoms with Crippen molar-refractivity contribution in [2.45, 2.75) is 6.92 Å². The summed E-state index contributed by atoms with van der Waals surface area (Å²) in [4.78, 5) is 11.4. The summed E-state index contributed by atoms with van der Waals surface area (Å²) in [6, 6.07) is 4.14. The van der Waals surface area contributed by atoms with Crippen molar-refractivity contribution in [3.63, 3.8) is 0 Å². The first-order chi connectivity index (χ1) is 8.58. The van der Waals surface area contributed by atoms with Crippen molar-refractivity contribution in [2.24, 2.45) is 0 Å². The van der Waals surface area contributed by atoms with Crippen LogP contribution in [0.3, 0.4) is 0 Å². The molecule has 0 bridgehead atoms. The number of benzene rings is 1. The fraction of sp³-hybridized carbons (Fsp3) is 0.182. The first kappa shape index (κ1) is 12.5. The first-order valence-corrected chi connectivity index (χ1v) is 5.36. The van der Waals surface area contributed by atoms with Gasteiger partial charge in [-0.25, -0.2) is 4.39 Å². The highest BCUT2D eigenvalue weighted by molar-refractivity contribution is 6.28. The molecule has 0 radical (unpaired) electrons. The van der Waals surface area contributed by atoms with Crippen LogP contribution in [0.1, 0.15) is 5.56 Å². The van der Waals surface area contributed by atoms with Gasteiger partial charge in [-0.15, -0.1) is 4.98 Å². The Morgan fingerprint density at radius 3 is 2.56 bits per heavy atom. The van der Waals surface area contributed by atoms with Gasteiger partial charge >= 0.3 is 12.0 Å². The van der Waals surface area contributed by atoms with Gasteiger partial charge in [0.1, 0.15) is 11.6 Å². The number of aromatic nitrogens is 3. The zero-order valence-electron chi connectivity index (χ0n) is 9.65. The van der Waals surface area contributed by atoms with Crippen LogP contribution in [0, 0.1) is 12.7 Å². The summed E-state index contributed by atoms with van der Waals surface area (Å²) < 4.78 is 23.2.